The van der Waals surface area contributed by atoms with Crippen molar-refractivity contribution >= 4 is 33.2 Å². The van der Waals surface area contributed by atoms with Crippen LogP contribution in [0.5, 0.6) is 0 Å². The third-order valence-corrected chi connectivity index (χ3v) is 3.98. The maximum atomic E-state index is 11.0. The highest BCUT2D eigenvalue weighted by atomic mass is 32.2. The highest BCUT2D eigenvalue weighted by molar-refractivity contribution is 7.87. The Morgan fingerprint density at radius 2 is 1.86 bits per heavy atom. The Balaban J connectivity index is 0. The summed E-state index contributed by atoms with van der Waals surface area (Å²) >= 11 is 0. The van der Waals surface area contributed by atoms with E-state index in [-0.39, 0.29) is 29.6 Å². The first-order valence-corrected chi connectivity index (χ1v) is 5.98. The second-order valence-electron chi connectivity index (χ2n) is 3.59. The molecule has 0 saturated carbocycles. The van der Waals surface area contributed by atoms with Crippen LogP contribution in [0.2, 0.25) is 0 Å². The molecule has 0 aromatic heterocycles. The molecule has 0 fully saturated rings. The van der Waals surface area contributed by atoms with Crippen molar-refractivity contribution in [3.63, 3.8) is 0 Å². The van der Waals surface area contributed by atoms with Crippen molar-refractivity contribution in [3.05, 3.63) is 0 Å². The Bertz CT molecular complexity index is 243. The van der Waals surface area contributed by atoms with E-state index in [1.807, 2.05) is 6.92 Å². The third-order valence-electron chi connectivity index (χ3n) is 2.36. The Hall–Kier alpha value is 0.636. The highest BCUT2D eigenvalue weighted by Crippen LogP contribution is 2.22. The lowest BCUT2D eigenvalue weighted by molar-refractivity contribution is 0.414. The summed E-state index contributed by atoms with van der Waals surface area (Å²) < 4.78 is 29.7. The predicted octanol–water partition coefficient (Wildman–Crippen LogP) is 0.256. The Morgan fingerprint density at radius 1 is 1.36 bits per heavy atom. The predicted molar refractivity (Wildman–Crippen MR) is 61.7 cm³/mol. The SMILES string of the molecule is CCCCCC(C)(CN)S(=O)(=O)O.[MgH2]. The van der Waals surface area contributed by atoms with Crippen molar-refractivity contribution < 1.29 is 13.0 Å². The van der Waals surface area contributed by atoms with Crippen LogP contribution in [0.3, 0.4) is 0 Å². The van der Waals surface area contributed by atoms with E-state index >= 15 is 0 Å². The molecule has 0 aromatic carbocycles. The minimum absolute atomic E-state index is 0. The molecule has 0 aliphatic heterocycles. The molecule has 0 aromatic rings. The molecule has 0 amide bonds. The second kappa shape index (κ2) is 7.00. The summed E-state index contributed by atoms with van der Waals surface area (Å²) in [5, 5.41) is 0. The molecule has 0 heterocycles. The largest absolute Gasteiger partial charge is 0.329 e. The van der Waals surface area contributed by atoms with Crippen LogP contribution in [0, 0.1) is 0 Å². The number of unbranched alkanes of at least 4 members (excludes halogenated alkanes) is 2. The zero-order valence-corrected chi connectivity index (χ0v) is 9.10. The molecular weight excluding hydrogens is 214 g/mol. The first-order chi connectivity index (χ1) is 5.87. The number of hydrogen-bond donors (Lipinski definition) is 2. The van der Waals surface area contributed by atoms with Gasteiger partial charge in [0.1, 0.15) is 4.75 Å². The molecule has 84 valence electrons. The van der Waals surface area contributed by atoms with Crippen molar-refractivity contribution in [1.29, 1.82) is 0 Å². The van der Waals surface area contributed by atoms with Gasteiger partial charge >= 0.3 is 23.1 Å². The van der Waals surface area contributed by atoms with E-state index in [1.165, 1.54) is 6.92 Å². The van der Waals surface area contributed by atoms with Gasteiger partial charge in [-0.3, -0.25) is 4.55 Å². The van der Waals surface area contributed by atoms with Crippen LogP contribution in [0.4, 0.5) is 0 Å². The van der Waals surface area contributed by atoms with Crippen molar-refractivity contribution in [2.75, 3.05) is 6.54 Å². The van der Waals surface area contributed by atoms with E-state index in [0.717, 1.165) is 19.3 Å². The molecule has 4 nitrogen and oxygen atoms in total. The lowest BCUT2D eigenvalue weighted by Crippen LogP contribution is -2.42. The van der Waals surface area contributed by atoms with Gasteiger partial charge in [0.05, 0.1) is 0 Å². The van der Waals surface area contributed by atoms with Gasteiger partial charge in [-0.05, 0) is 13.3 Å². The van der Waals surface area contributed by atoms with E-state index in [4.69, 9.17) is 10.3 Å². The average Bonchev–Trinajstić information content (AvgIpc) is 2.02. The normalized spacial score (nSPS) is 15.7. The summed E-state index contributed by atoms with van der Waals surface area (Å²) in [6, 6.07) is 0. The minimum Gasteiger partial charge on any atom is -0.329 e. The third kappa shape index (κ3) is 4.93. The van der Waals surface area contributed by atoms with Gasteiger partial charge in [0, 0.05) is 6.54 Å². The molecule has 0 radical (unpaired) electrons. The van der Waals surface area contributed by atoms with Crippen LogP contribution in [0.1, 0.15) is 39.5 Å². The van der Waals surface area contributed by atoms with Gasteiger partial charge in [-0.1, -0.05) is 26.2 Å². The zero-order valence-electron chi connectivity index (χ0n) is 8.28. The van der Waals surface area contributed by atoms with Crippen molar-refractivity contribution in [3.8, 4) is 0 Å². The average molecular weight is 236 g/mol. The molecule has 0 aliphatic carbocycles. The van der Waals surface area contributed by atoms with Gasteiger partial charge in [-0.25, -0.2) is 0 Å². The van der Waals surface area contributed by atoms with E-state index in [0.29, 0.717) is 6.42 Å². The Morgan fingerprint density at radius 3 is 2.14 bits per heavy atom. The van der Waals surface area contributed by atoms with Crippen LogP contribution < -0.4 is 5.73 Å². The molecule has 14 heavy (non-hydrogen) atoms. The minimum atomic E-state index is -4.02. The van der Waals surface area contributed by atoms with Crippen LogP contribution in [-0.4, -0.2) is 47.3 Å². The molecule has 0 aliphatic rings. The maximum absolute atomic E-state index is 11.0. The quantitative estimate of drug-likeness (QED) is 0.393. The molecule has 1 atom stereocenters. The number of rotatable bonds is 6. The molecule has 0 saturated heterocycles. The Labute approximate surface area is 103 Å². The van der Waals surface area contributed by atoms with Gasteiger partial charge in [0.15, 0.2) is 0 Å². The smallest absolute Gasteiger partial charge is 0.316 e. The van der Waals surface area contributed by atoms with Gasteiger partial charge in [0.2, 0.25) is 0 Å². The molecule has 1 unspecified atom stereocenters. The molecular formula is C8H21MgNO3S. The topological polar surface area (TPSA) is 80.4 Å². The highest BCUT2D eigenvalue weighted by Gasteiger charge is 2.35. The van der Waals surface area contributed by atoms with E-state index in [1.54, 1.807) is 0 Å². The summed E-state index contributed by atoms with van der Waals surface area (Å²) in [7, 11) is -4.02. The summed E-state index contributed by atoms with van der Waals surface area (Å²) in [5.74, 6) is 0. The zero-order chi connectivity index (χ0) is 10.5. The first kappa shape index (κ1) is 17.0. The Kier molecular flexibility index (Phi) is 8.52. The van der Waals surface area contributed by atoms with Crippen LogP contribution in [0.15, 0.2) is 0 Å². The number of nitrogens with two attached hydrogens (primary N) is 1. The fourth-order valence-corrected chi connectivity index (χ4v) is 1.70. The van der Waals surface area contributed by atoms with E-state index in [2.05, 4.69) is 0 Å². The number of hydrogen-bond acceptors (Lipinski definition) is 3. The summed E-state index contributed by atoms with van der Waals surface area (Å²) in [5.41, 5.74) is 5.34. The lowest BCUT2D eigenvalue weighted by Gasteiger charge is -2.23. The van der Waals surface area contributed by atoms with Crippen LogP contribution in [0.25, 0.3) is 0 Å². The van der Waals surface area contributed by atoms with Gasteiger partial charge in [-0.2, -0.15) is 8.42 Å². The monoisotopic (exact) mass is 235 g/mol. The first-order valence-electron chi connectivity index (χ1n) is 4.54. The summed E-state index contributed by atoms with van der Waals surface area (Å²) in [6.07, 6.45) is 3.19. The fourth-order valence-electron chi connectivity index (χ4n) is 1.09. The molecule has 0 rings (SSSR count). The van der Waals surface area contributed by atoms with Crippen molar-refractivity contribution in [2.24, 2.45) is 5.73 Å². The van der Waals surface area contributed by atoms with Crippen molar-refractivity contribution in [1.82, 2.24) is 0 Å². The van der Waals surface area contributed by atoms with Crippen LogP contribution >= 0.6 is 0 Å². The fraction of sp³-hybridized carbons (Fsp3) is 1.00. The van der Waals surface area contributed by atoms with Gasteiger partial charge in [-0.15, -0.1) is 0 Å². The van der Waals surface area contributed by atoms with E-state index in [9.17, 15) is 8.42 Å². The van der Waals surface area contributed by atoms with Crippen LogP contribution in [-0.2, 0) is 10.1 Å². The summed E-state index contributed by atoms with van der Waals surface area (Å²) in [6.45, 7) is 3.49. The summed E-state index contributed by atoms with van der Waals surface area (Å²) in [4.78, 5) is 0. The molecule has 0 spiro atoms. The van der Waals surface area contributed by atoms with Gasteiger partial charge in [0.25, 0.3) is 10.1 Å². The molecule has 6 heteroatoms. The van der Waals surface area contributed by atoms with Crippen molar-refractivity contribution in [2.45, 2.75) is 44.3 Å². The lowest BCUT2D eigenvalue weighted by atomic mass is 10.0. The van der Waals surface area contributed by atoms with Gasteiger partial charge < -0.3 is 5.73 Å². The maximum Gasteiger partial charge on any atom is 0.316 e. The molecule has 0 bridgehead atoms. The standard InChI is InChI=1S/C8H19NO3S.Mg.2H/c1-3-4-5-6-8(2,7-9)13(10,11)12;;;/h3-7,9H2,1-2H3,(H,10,11,12);;;. The second-order valence-corrected chi connectivity index (χ2v) is 5.52. The van der Waals surface area contributed by atoms with E-state index < -0.39 is 14.9 Å². The molecule has 3 N–H and O–H groups in total.